The Hall–Kier alpha value is -0.520. The van der Waals surface area contributed by atoms with E-state index < -0.39 is 5.97 Å². The zero-order valence-corrected chi connectivity index (χ0v) is 8.16. The van der Waals surface area contributed by atoms with Crippen LogP contribution in [0.25, 0.3) is 0 Å². The Kier molecular flexibility index (Phi) is 4.17. The van der Waals surface area contributed by atoms with Crippen molar-refractivity contribution in [3.05, 3.63) is 11.8 Å². The largest absolute Gasteiger partial charge is 1.00 e. The number of aromatic carboxylic acids is 1. The summed E-state index contributed by atoms with van der Waals surface area (Å²) in [6.45, 7) is 0. The molecule has 0 aliphatic carbocycles. The molecule has 0 unspecified atom stereocenters. The minimum absolute atomic E-state index is 0. The van der Waals surface area contributed by atoms with Crippen molar-refractivity contribution < 1.29 is 48.7 Å². The van der Waals surface area contributed by atoms with Gasteiger partial charge < -0.3 is 19.2 Å². The molecular weight excluding hydrogens is 161 g/mol. The molecule has 0 saturated carbocycles. The number of carbonyl (C=O) groups is 1. The second-order valence-corrected chi connectivity index (χ2v) is 1.52. The smallest absolute Gasteiger partial charge is 0.543 e. The van der Waals surface area contributed by atoms with Crippen molar-refractivity contribution in [2.75, 3.05) is 7.11 Å². The molecule has 6 heteroatoms. The van der Waals surface area contributed by atoms with Crippen LogP contribution in [0.5, 0.6) is 5.95 Å². The third-order valence-corrected chi connectivity index (χ3v) is 0.899. The van der Waals surface area contributed by atoms with Gasteiger partial charge in [-0.3, -0.25) is 0 Å². The predicted octanol–water partition coefficient (Wildman–Crippen LogP) is -3.95. The van der Waals surface area contributed by atoms with Crippen LogP contribution in [0.2, 0.25) is 0 Å². The number of carbonyl (C=O) groups excluding carboxylic acids is 1. The second-order valence-electron chi connectivity index (χ2n) is 1.52. The molecule has 1 aromatic heterocycles. The van der Waals surface area contributed by atoms with Crippen LogP contribution in [0.4, 0.5) is 0 Å². The van der Waals surface area contributed by atoms with Crippen LogP contribution in [0.15, 0.2) is 10.6 Å². The van der Waals surface area contributed by atoms with E-state index in [4.69, 9.17) is 0 Å². The van der Waals surface area contributed by atoms with E-state index in [1.54, 1.807) is 0 Å². The molecule has 0 saturated heterocycles. The number of hydrogen-bond acceptors (Lipinski definition) is 5. The van der Waals surface area contributed by atoms with Crippen molar-refractivity contribution in [2.45, 2.75) is 0 Å². The topological polar surface area (TPSA) is 75.4 Å². The SMILES string of the molecule is COc1cc(C(=O)[O-])no1.[Na+]. The summed E-state index contributed by atoms with van der Waals surface area (Å²) >= 11 is 0. The van der Waals surface area contributed by atoms with Gasteiger partial charge in [0.15, 0.2) is 0 Å². The number of aromatic nitrogens is 1. The molecule has 11 heavy (non-hydrogen) atoms. The maximum Gasteiger partial charge on any atom is 1.00 e. The summed E-state index contributed by atoms with van der Waals surface area (Å²) in [5, 5.41) is 13.2. The van der Waals surface area contributed by atoms with Gasteiger partial charge in [0.1, 0.15) is 5.69 Å². The Bertz CT molecular complexity index is 246. The molecule has 0 bridgehead atoms. The van der Waals surface area contributed by atoms with Gasteiger partial charge in [-0.05, 0) is 0 Å². The molecule has 1 heterocycles. The molecule has 1 aromatic rings. The Morgan fingerprint density at radius 3 is 2.73 bits per heavy atom. The molecule has 1 rings (SSSR count). The summed E-state index contributed by atoms with van der Waals surface area (Å²) in [4.78, 5) is 10.0. The first-order chi connectivity index (χ1) is 4.74. The fourth-order valence-corrected chi connectivity index (χ4v) is 0.451. The minimum atomic E-state index is -1.38. The van der Waals surface area contributed by atoms with Crippen molar-refractivity contribution in [1.29, 1.82) is 0 Å². The van der Waals surface area contributed by atoms with Gasteiger partial charge >= 0.3 is 35.5 Å². The summed E-state index contributed by atoms with van der Waals surface area (Å²) in [5.41, 5.74) is -0.267. The van der Waals surface area contributed by atoms with E-state index >= 15 is 0 Å². The third-order valence-electron chi connectivity index (χ3n) is 0.899. The average Bonchev–Trinajstić information content (AvgIpc) is 2.34. The van der Waals surface area contributed by atoms with E-state index in [0.29, 0.717) is 0 Å². The first-order valence-electron chi connectivity index (χ1n) is 2.46. The number of hydrogen-bond donors (Lipinski definition) is 0. The van der Waals surface area contributed by atoms with Crippen LogP contribution >= 0.6 is 0 Å². The number of carboxylic acid groups (broad SMARTS) is 1. The standard InChI is InChI=1S/C5H5NO4.Na/c1-9-4-2-3(5(7)8)6-10-4;/h2H,1H3,(H,7,8);/q;+1/p-1. The van der Waals surface area contributed by atoms with Crippen molar-refractivity contribution in [1.82, 2.24) is 5.16 Å². The van der Waals surface area contributed by atoms with E-state index in [9.17, 15) is 9.90 Å². The van der Waals surface area contributed by atoms with Gasteiger partial charge in [0.2, 0.25) is 0 Å². The molecule has 0 atom stereocenters. The second kappa shape index (κ2) is 4.38. The van der Waals surface area contributed by atoms with E-state index in [1.807, 2.05) is 0 Å². The van der Waals surface area contributed by atoms with Gasteiger partial charge in [-0.25, -0.2) is 0 Å². The van der Waals surface area contributed by atoms with Gasteiger partial charge in [-0.2, -0.15) is 0 Å². The Balaban J connectivity index is 0.000001000. The molecule has 0 radical (unpaired) electrons. The van der Waals surface area contributed by atoms with E-state index in [-0.39, 0.29) is 41.2 Å². The molecule has 0 N–H and O–H groups in total. The fourth-order valence-electron chi connectivity index (χ4n) is 0.451. The maximum absolute atomic E-state index is 10.0. The van der Waals surface area contributed by atoms with Crippen LogP contribution in [0.3, 0.4) is 0 Å². The van der Waals surface area contributed by atoms with Gasteiger partial charge in [-0.15, -0.1) is 0 Å². The normalized spacial score (nSPS) is 8.45. The molecule has 0 aliphatic heterocycles. The molecule has 0 amide bonds. The van der Waals surface area contributed by atoms with Crippen LogP contribution in [-0.2, 0) is 0 Å². The Morgan fingerprint density at radius 2 is 2.45 bits per heavy atom. The zero-order valence-electron chi connectivity index (χ0n) is 6.16. The summed E-state index contributed by atoms with van der Waals surface area (Å²) in [6.07, 6.45) is 0. The van der Waals surface area contributed by atoms with Gasteiger partial charge in [0.05, 0.1) is 19.1 Å². The van der Waals surface area contributed by atoms with Crippen LogP contribution in [0.1, 0.15) is 10.5 Å². The maximum atomic E-state index is 10.0. The number of ether oxygens (including phenoxy) is 1. The van der Waals surface area contributed by atoms with Gasteiger partial charge in [0, 0.05) is 0 Å². The first-order valence-corrected chi connectivity index (χ1v) is 2.46. The quantitative estimate of drug-likeness (QED) is 0.418. The van der Waals surface area contributed by atoms with Gasteiger partial charge in [0.25, 0.3) is 0 Å². The third kappa shape index (κ3) is 2.53. The van der Waals surface area contributed by atoms with Crippen molar-refractivity contribution in [3.63, 3.8) is 0 Å². The van der Waals surface area contributed by atoms with Crippen molar-refractivity contribution in [2.24, 2.45) is 0 Å². The number of rotatable bonds is 2. The fraction of sp³-hybridized carbons (Fsp3) is 0.200. The first kappa shape index (κ1) is 10.5. The van der Waals surface area contributed by atoms with E-state index in [0.717, 1.165) is 6.07 Å². The molecule has 0 aliphatic rings. The zero-order chi connectivity index (χ0) is 7.56. The molecule has 0 fully saturated rings. The molecule has 0 spiro atoms. The molecule has 5 nitrogen and oxygen atoms in total. The molecule has 54 valence electrons. The molecule has 0 aromatic carbocycles. The summed E-state index contributed by atoms with van der Waals surface area (Å²) in [7, 11) is 1.35. The van der Waals surface area contributed by atoms with Crippen LogP contribution < -0.4 is 39.4 Å². The average molecular weight is 165 g/mol. The van der Waals surface area contributed by atoms with Crippen LogP contribution in [-0.4, -0.2) is 18.2 Å². The predicted molar refractivity (Wildman–Crippen MR) is 27.4 cm³/mol. The number of methoxy groups -OCH3 is 1. The number of carboxylic acids is 1. The Labute approximate surface area is 84.6 Å². The number of nitrogens with zero attached hydrogens (tertiary/aromatic N) is 1. The summed E-state index contributed by atoms with van der Waals surface area (Å²) in [5.74, 6) is -1.33. The Morgan fingerprint density at radius 1 is 1.82 bits per heavy atom. The van der Waals surface area contributed by atoms with Crippen molar-refractivity contribution in [3.8, 4) is 5.95 Å². The van der Waals surface area contributed by atoms with E-state index in [2.05, 4.69) is 14.4 Å². The van der Waals surface area contributed by atoms with Crippen LogP contribution in [0, 0.1) is 0 Å². The minimum Gasteiger partial charge on any atom is -0.543 e. The summed E-state index contributed by atoms with van der Waals surface area (Å²) in [6, 6.07) is 1.13. The summed E-state index contributed by atoms with van der Waals surface area (Å²) < 4.78 is 8.91. The monoisotopic (exact) mass is 165 g/mol. The van der Waals surface area contributed by atoms with E-state index in [1.165, 1.54) is 7.11 Å². The van der Waals surface area contributed by atoms with Gasteiger partial charge in [-0.1, -0.05) is 5.16 Å². The van der Waals surface area contributed by atoms with Crippen molar-refractivity contribution >= 4 is 5.97 Å². The molecular formula is C5H4NNaO4.